The molecule has 4 N–H and O–H groups in total. The van der Waals surface area contributed by atoms with E-state index in [0.717, 1.165) is 28.1 Å². The third-order valence-corrected chi connectivity index (χ3v) is 5.72. The Hall–Kier alpha value is -4.78. The monoisotopic (exact) mass is 477 g/mol. The van der Waals surface area contributed by atoms with E-state index >= 15 is 0 Å². The number of hydrogen-bond acceptors (Lipinski definition) is 7. The number of rotatable bonds is 8. The van der Waals surface area contributed by atoms with Gasteiger partial charge in [0.25, 0.3) is 0 Å². The topological polar surface area (TPSA) is 98.5 Å². The summed E-state index contributed by atoms with van der Waals surface area (Å²) >= 11 is 0. The van der Waals surface area contributed by atoms with E-state index in [2.05, 4.69) is 9.98 Å². The Balaban J connectivity index is 1.38. The molecule has 1 aliphatic heterocycles. The summed E-state index contributed by atoms with van der Waals surface area (Å²) in [6, 6.07) is 35.5. The third kappa shape index (κ3) is 5.47. The van der Waals surface area contributed by atoms with Crippen LogP contribution in [0.2, 0.25) is 0 Å². The lowest BCUT2D eigenvalue weighted by atomic mass is 10.1. The zero-order valence-electron chi connectivity index (χ0n) is 19.7. The summed E-state index contributed by atoms with van der Waals surface area (Å²) in [6.45, 7) is 0.928. The normalized spacial score (nSPS) is 15.1. The summed E-state index contributed by atoms with van der Waals surface area (Å²) in [7, 11) is 0. The molecule has 36 heavy (non-hydrogen) atoms. The van der Waals surface area contributed by atoms with Crippen LogP contribution in [0.3, 0.4) is 0 Å². The van der Waals surface area contributed by atoms with Crippen LogP contribution in [-0.4, -0.2) is 11.9 Å². The van der Waals surface area contributed by atoms with Gasteiger partial charge in [-0.25, -0.2) is 4.99 Å². The Morgan fingerprint density at radius 3 is 1.89 bits per heavy atom. The molecular formula is C29H27N5O2. The highest BCUT2D eigenvalue weighted by Gasteiger charge is 2.28. The molecular weight excluding hydrogens is 450 g/mol. The van der Waals surface area contributed by atoms with E-state index in [4.69, 9.17) is 20.9 Å². The molecule has 1 heterocycles. The summed E-state index contributed by atoms with van der Waals surface area (Å²) in [5.74, 6) is 1.82. The lowest BCUT2D eigenvalue weighted by Crippen LogP contribution is -2.44. The van der Waals surface area contributed by atoms with E-state index in [0.29, 0.717) is 19.0 Å². The number of nitrogens with two attached hydrogens (primary N) is 2. The maximum Gasteiger partial charge on any atom is 0.221 e. The van der Waals surface area contributed by atoms with Crippen molar-refractivity contribution in [3.05, 3.63) is 126 Å². The predicted molar refractivity (Wildman–Crippen MR) is 143 cm³/mol. The molecule has 0 saturated carbocycles. The Morgan fingerprint density at radius 1 is 0.667 bits per heavy atom. The zero-order chi connectivity index (χ0) is 24.7. The van der Waals surface area contributed by atoms with Crippen molar-refractivity contribution in [2.24, 2.45) is 21.5 Å². The minimum atomic E-state index is -0.507. The number of anilines is 1. The van der Waals surface area contributed by atoms with Crippen molar-refractivity contribution in [3.63, 3.8) is 0 Å². The Labute approximate surface area is 210 Å². The van der Waals surface area contributed by atoms with Gasteiger partial charge in [0.15, 0.2) is 6.17 Å². The largest absolute Gasteiger partial charge is 0.489 e. The van der Waals surface area contributed by atoms with Crippen LogP contribution in [0.4, 0.5) is 5.69 Å². The summed E-state index contributed by atoms with van der Waals surface area (Å²) in [5.41, 5.74) is 16.2. The SMILES string of the molecule is NC1=NC(c2cccc(OCc3ccccc3)c2)N(c2cccc(OCc3ccccc3)c2)C(N)=N1. The van der Waals surface area contributed by atoms with Gasteiger partial charge in [-0.2, -0.15) is 4.99 Å². The van der Waals surface area contributed by atoms with Crippen molar-refractivity contribution in [1.29, 1.82) is 0 Å². The van der Waals surface area contributed by atoms with Crippen LogP contribution in [0.5, 0.6) is 11.5 Å². The molecule has 0 fully saturated rings. The molecule has 1 atom stereocenters. The molecule has 180 valence electrons. The number of guanidine groups is 2. The highest BCUT2D eigenvalue weighted by atomic mass is 16.5. The molecule has 4 aromatic rings. The summed E-state index contributed by atoms with van der Waals surface area (Å²) in [4.78, 5) is 10.6. The fraction of sp³-hybridized carbons (Fsp3) is 0.103. The van der Waals surface area contributed by atoms with Gasteiger partial charge in [0.05, 0.1) is 5.69 Å². The number of aliphatic imine (C=N–C) groups is 2. The van der Waals surface area contributed by atoms with Gasteiger partial charge in [-0.05, 0) is 35.4 Å². The second-order valence-electron chi connectivity index (χ2n) is 8.32. The fourth-order valence-corrected chi connectivity index (χ4v) is 3.98. The standard InChI is InChI=1S/C29H27N5O2/c30-28-32-27(23-13-7-15-25(17-23)35-19-21-9-3-1-4-10-21)34(29(31)33-28)24-14-8-16-26(18-24)36-20-22-11-5-2-6-12-22/h1-18,27H,19-20H2,(H4,30,31,32,33). The molecule has 1 unspecified atom stereocenters. The molecule has 4 aromatic carbocycles. The van der Waals surface area contributed by atoms with Gasteiger partial charge in [0.2, 0.25) is 11.9 Å². The molecule has 1 aliphatic rings. The number of benzene rings is 4. The average Bonchev–Trinajstić information content (AvgIpc) is 2.92. The van der Waals surface area contributed by atoms with E-state index in [9.17, 15) is 0 Å². The van der Waals surface area contributed by atoms with Crippen LogP contribution in [0.1, 0.15) is 22.9 Å². The first-order valence-electron chi connectivity index (χ1n) is 11.7. The fourth-order valence-electron chi connectivity index (χ4n) is 3.98. The highest BCUT2D eigenvalue weighted by Crippen LogP contribution is 2.33. The van der Waals surface area contributed by atoms with Gasteiger partial charge >= 0.3 is 0 Å². The van der Waals surface area contributed by atoms with Gasteiger partial charge in [-0.15, -0.1) is 0 Å². The first-order chi connectivity index (χ1) is 17.7. The van der Waals surface area contributed by atoms with Gasteiger partial charge < -0.3 is 20.9 Å². The summed E-state index contributed by atoms with van der Waals surface area (Å²) < 4.78 is 12.1. The molecule has 0 aromatic heterocycles. The van der Waals surface area contributed by atoms with Gasteiger partial charge in [0, 0.05) is 11.6 Å². The lowest BCUT2D eigenvalue weighted by molar-refractivity contribution is 0.305. The first-order valence-corrected chi connectivity index (χ1v) is 11.7. The van der Waals surface area contributed by atoms with Crippen LogP contribution in [0.25, 0.3) is 0 Å². The van der Waals surface area contributed by atoms with Crippen LogP contribution in [0.15, 0.2) is 119 Å². The van der Waals surface area contributed by atoms with Gasteiger partial charge in [-0.1, -0.05) is 78.9 Å². The van der Waals surface area contributed by atoms with E-state index in [1.165, 1.54) is 0 Å². The third-order valence-electron chi connectivity index (χ3n) is 5.72. The molecule has 0 spiro atoms. The quantitative estimate of drug-likeness (QED) is 0.372. The van der Waals surface area contributed by atoms with E-state index < -0.39 is 6.17 Å². The van der Waals surface area contributed by atoms with Crippen LogP contribution >= 0.6 is 0 Å². The molecule has 0 amide bonds. The first kappa shape index (κ1) is 23.0. The molecule has 5 rings (SSSR count). The highest BCUT2D eigenvalue weighted by molar-refractivity contribution is 6.05. The van der Waals surface area contributed by atoms with E-state index in [1.807, 2.05) is 114 Å². The van der Waals surface area contributed by atoms with Gasteiger partial charge in [-0.3, -0.25) is 4.90 Å². The average molecular weight is 478 g/mol. The number of ether oxygens (including phenoxy) is 2. The number of nitrogens with zero attached hydrogens (tertiary/aromatic N) is 3. The Bertz CT molecular complexity index is 1370. The Morgan fingerprint density at radius 2 is 1.25 bits per heavy atom. The van der Waals surface area contributed by atoms with Crippen LogP contribution in [-0.2, 0) is 13.2 Å². The van der Waals surface area contributed by atoms with Crippen molar-refractivity contribution in [1.82, 2.24) is 0 Å². The lowest BCUT2D eigenvalue weighted by Gasteiger charge is -2.33. The number of hydrogen-bond donors (Lipinski definition) is 2. The smallest absolute Gasteiger partial charge is 0.221 e. The second-order valence-corrected chi connectivity index (χ2v) is 8.32. The van der Waals surface area contributed by atoms with E-state index in [1.54, 1.807) is 0 Å². The maximum atomic E-state index is 6.36. The maximum absolute atomic E-state index is 6.36. The van der Waals surface area contributed by atoms with Crippen molar-refractivity contribution in [2.45, 2.75) is 19.4 Å². The van der Waals surface area contributed by atoms with Crippen molar-refractivity contribution < 1.29 is 9.47 Å². The van der Waals surface area contributed by atoms with Gasteiger partial charge in [0.1, 0.15) is 24.7 Å². The predicted octanol–water partition coefficient (Wildman–Crippen LogP) is 4.99. The molecule has 0 radical (unpaired) electrons. The molecule has 7 nitrogen and oxygen atoms in total. The zero-order valence-corrected chi connectivity index (χ0v) is 19.7. The van der Waals surface area contributed by atoms with Crippen LogP contribution in [0, 0.1) is 0 Å². The summed E-state index contributed by atoms with van der Waals surface area (Å²) in [5, 5.41) is 0. The Kier molecular flexibility index (Phi) is 6.80. The van der Waals surface area contributed by atoms with Crippen molar-refractivity contribution in [2.75, 3.05) is 4.90 Å². The second kappa shape index (κ2) is 10.7. The van der Waals surface area contributed by atoms with E-state index in [-0.39, 0.29) is 11.9 Å². The minimum Gasteiger partial charge on any atom is -0.489 e. The summed E-state index contributed by atoms with van der Waals surface area (Å²) in [6.07, 6.45) is -0.507. The van der Waals surface area contributed by atoms with Crippen molar-refractivity contribution >= 4 is 17.6 Å². The molecule has 7 heteroatoms. The minimum absolute atomic E-state index is 0.126. The molecule has 0 bridgehead atoms. The molecule has 0 saturated heterocycles. The molecule has 0 aliphatic carbocycles. The van der Waals surface area contributed by atoms with Crippen molar-refractivity contribution in [3.8, 4) is 11.5 Å². The van der Waals surface area contributed by atoms with Crippen LogP contribution < -0.4 is 25.8 Å².